The van der Waals surface area contributed by atoms with Gasteiger partial charge in [-0.15, -0.1) is 11.3 Å². The van der Waals surface area contributed by atoms with Crippen LogP contribution in [-0.4, -0.2) is 37.3 Å². The van der Waals surface area contributed by atoms with Crippen molar-refractivity contribution in [3.63, 3.8) is 0 Å². The van der Waals surface area contributed by atoms with Gasteiger partial charge in [-0.25, -0.2) is 19.7 Å². The number of carbonyl (C=O) groups is 1. The summed E-state index contributed by atoms with van der Waals surface area (Å²) < 4.78 is 6.82. The van der Waals surface area contributed by atoms with Gasteiger partial charge in [-0.05, 0) is 25.3 Å². The van der Waals surface area contributed by atoms with Crippen molar-refractivity contribution in [2.75, 3.05) is 11.9 Å². The number of rotatable bonds is 4. The van der Waals surface area contributed by atoms with E-state index in [0.717, 1.165) is 34.1 Å². The van der Waals surface area contributed by atoms with E-state index in [9.17, 15) is 4.79 Å². The molecule has 0 amide bonds. The maximum Gasteiger partial charge on any atom is 0.359 e. The molecule has 0 aromatic carbocycles. The number of aromatic nitrogens is 5. The van der Waals surface area contributed by atoms with Gasteiger partial charge in [0.25, 0.3) is 0 Å². The SMILES string of the molecule is CCOC(=O)c1nn(C)c2c1CCc1cnc(Nc3nccs3)nc1-2. The highest BCUT2D eigenvalue weighted by Gasteiger charge is 2.29. The van der Waals surface area contributed by atoms with Crippen molar-refractivity contribution >= 4 is 28.4 Å². The van der Waals surface area contributed by atoms with Gasteiger partial charge in [-0.1, -0.05) is 0 Å². The van der Waals surface area contributed by atoms with Crippen LogP contribution in [0.3, 0.4) is 0 Å². The molecule has 1 aliphatic carbocycles. The van der Waals surface area contributed by atoms with E-state index in [0.29, 0.717) is 24.7 Å². The quantitative estimate of drug-likeness (QED) is 0.717. The third kappa shape index (κ3) is 2.76. The Morgan fingerprint density at radius 2 is 2.28 bits per heavy atom. The second-order valence-electron chi connectivity index (χ2n) is 5.55. The van der Waals surface area contributed by atoms with Crippen LogP contribution in [0.2, 0.25) is 0 Å². The van der Waals surface area contributed by atoms with Crippen LogP contribution in [0.5, 0.6) is 0 Å². The first-order valence-corrected chi connectivity index (χ1v) is 8.81. The number of fused-ring (bicyclic) bond motifs is 3. The number of nitrogens with zero attached hydrogens (tertiary/aromatic N) is 5. The fraction of sp³-hybridized carbons (Fsp3) is 0.312. The standard InChI is InChI=1S/C16H16N6O2S/c1-3-24-14(23)12-10-5-4-9-8-18-15(20-16-17-6-7-25-16)19-11(9)13(10)22(2)21-12/h6-8H,3-5H2,1-2H3,(H,17,18,19,20). The van der Waals surface area contributed by atoms with Gasteiger partial charge in [0, 0.05) is 30.4 Å². The third-order valence-electron chi connectivity index (χ3n) is 4.00. The lowest BCUT2D eigenvalue weighted by atomic mass is 9.93. The molecule has 3 aromatic rings. The number of thiazole rings is 1. The van der Waals surface area contributed by atoms with E-state index in [2.05, 4.69) is 25.4 Å². The number of esters is 1. The highest BCUT2D eigenvalue weighted by Crippen LogP contribution is 2.34. The third-order valence-corrected chi connectivity index (χ3v) is 4.69. The van der Waals surface area contributed by atoms with Crippen LogP contribution in [0.1, 0.15) is 28.5 Å². The number of hydrogen-bond acceptors (Lipinski definition) is 8. The number of ether oxygens (including phenoxy) is 1. The molecule has 4 rings (SSSR count). The first-order chi connectivity index (χ1) is 12.2. The Morgan fingerprint density at radius 3 is 3.04 bits per heavy atom. The zero-order valence-corrected chi connectivity index (χ0v) is 14.6. The van der Waals surface area contributed by atoms with E-state index < -0.39 is 5.97 Å². The van der Waals surface area contributed by atoms with Crippen molar-refractivity contribution in [1.29, 1.82) is 0 Å². The fourth-order valence-corrected chi connectivity index (χ4v) is 3.48. The first-order valence-electron chi connectivity index (χ1n) is 7.93. The van der Waals surface area contributed by atoms with Crippen LogP contribution >= 0.6 is 11.3 Å². The minimum absolute atomic E-state index is 0.324. The van der Waals surface area contributed by atoms with Crippen molar-refractivity contribution in [2.24, 2.45) is 7.05 Å². The minimum Gasteiger partial charge on any atom is -0.461 e. The van der Waals surface area contributed by atoms with Crippen LogP contribution in [-0.2, 0) is 24.6 Å². The highest BCUT2D eigenvalue weighted by molar-refractivity contribution is 7.13. The molecule has 9 heteroatoms. The maximum absolute atomic E-state index is 12.2. The first kappa shape index (κ1) is 15.7. The summed E-state index contributed by atoms with van der Waals surface area (Å²) in [6.07, 6.45) is 5.01. The number of aryl methyl sites for hydroxylation is 2. The molecule has 0 radical (unpaired) electrons. The lowest BCUT2D eigenvalue weighted by Crippen LogP contribution is -2.12. The molecule has 1 N–H and O–H groups in total. The largest absolute Gasteiger partial charge is 0.461 e. The van der Waals surface area contributed by atoms with Gasteiger partial charge >= 0.3 is 5.97 Å². The Hall–Kier alpha value is -2.81. The highest BCUT2D eigenvalue weighted by atomic mass is 32.1. The van der Waals surface area contributed by atoms with E-state index in [1.54, 1.807) is 17.8 Å². The van der Waals surface area contributed by atoms with Crippen LogP contribution in [0, 0.1) is 0 Å². The van der Waals surface area contributed by atoms with Gasteiger partial charge in [-0.3, -0.25) is 4.68 Å². The Labute approximate surface area is 147 Å². The Kier molecular flexibility index (Phi) is 3.92. The van der Waals surface area contributed by atoms with Crippen LogP contribution in [0.4, 0.5) is 11.1 Å². The number of anilines is 2. The zero-order valence-electron chi connectivity index (χ0n) is 13.8. The van der Waals surface area contributed by atoms with Gasteiger partial charge < -0.3 is 10.1 Å². The summed E-state index contributed by atoms with van der Waals surface area (Å²) in [5.41, 5.74) is 3.93. The number of carbonyl (C=O) groups excluding carboxylic acids is 1. The average Bonchev–Trinajstić information content (AvgIpc) is 3.23. The summed E-state index contributed by atoms with van der Waals surface area (Å²) >= 11 is 1.48. The van der Waals surface area contributed by atoms with E-state index >= 15 is 0 Å². The Morgan fingerprint density at radius 1 is 1.40 bits per heavy atom. The molecule has 0 aliphatic heterocycles. The maximum atomic E-state index is 12.2. The van der Waals surface area contributed by atoms with Crippen molar-refractivity contribution in [3.05, 3.63) is 34.6 Å². The Bertz CT molecular complexity index is 935. The second-order valence-corrected chi connectivity index (χ2v) is 6.44. The van der Waals surface area contributed by atoms with Crippen LogP contribution in [0.15, 0.2) is 17.8 Å². The molecule has 0 unspecified atom stereocenters. The summed E-state index contributed by atoms with van der Waals surface area (Å²) in [4.78, 5) is 25.4. The van der Waals surface area contributed by atoms with Gasteiger partial charge in [0.05, 0.1) is 18.0 Å². The number of nitrogens with one attached hydrogen (secondary N) is 1. The smallest absolute Gasteiger partial charge is 0.359 e. The van der Waals surface area contributed by atoms with Crippen molar-refractivity contribution in [1.82, 2.24) is 24.7 Å². The molecule has 0 fully saturated rings. The number of hydrogen-bond donors (Lipinski definition) is 1. The molecule has 25 heavy (non-hydrogen) atoms. The second kappa shape index (κ2) is 6.25. The molecule has 3 aromatic heterocycles. The molecule has 0 saturated heterocycles. The predicted octanol–water partition coefficient (Wildman–Crippen LogP) is 2.35. The molecule has 0 atom stereocenters. The Balaban J connectivity index is 1.76. The molecular formula is C16H16N6O2S. The molecule has 8 nitrogen and oxygen atoms in total. The lowest BCUT2D eigenvalue weighted by Gasteiger charge is -2.17. The van der Waals surface area contributed by atoms with Gasteiger partial charge in [0.1, 0.15) is 0 Å². The topological polar surface area (TPSA) is 94.8 Å². The van der Waals surface area contributed by atoms with Gasteiger partial charge in [-0.2, -0.15) is 5.10 Å². The monoisotopic (exact) mass is 356 g/mol. The van der Waals surface area contributed by atoms with E-state index in [4.69, 9.17) is 4.74 Å². The van der Waals surface area contributed by atoms with Gasteiger partial charge in [0.15, 0.2) is 10.8 Å². The summed E-state index contributed by atoms with van der Waals surface area (Å²) in [6.45, 7) is 2.11. The van der Waals surface area contributed by atoms with Gasteiger partial charge in [0.2, 0.25) is 5.95 Å². The molecule has 0 spiro atoms. The molecule has 1 aliphatic rings. The van der Waals surface area contributed by atoms with E-state index in [1.807, 2.05) is 18.6 Å². The molecule has 128 valence electrons. The fourth-order valence-electron chi connectivity index (χ4n) is 2.96. The summed E-state index contributed by atoms with van der Waals surface area (Å²) in [6, 6.07) is 0. The predicted molar refractivity (Wildman–Crippen MR) is 93.0 cm³/mol. The van der Waals surface area contributed by atoms with Crippen molar-refractivity contribution < 1.29 is 9.53 Å². The lowest BCUT2D eigenvalue weighted by molar-refractivity contribution is 0.0517. The van der Waals surface area contributed by atoms with Crippen molar-refractivity contribution in [2.45, 2.75) is 19.8 Å². The molecule has 0 bridgehead atoms. The summed E-state index contributed by atoms with van der Waals surface area (Å²) in [7, 11) is 1.81. The summed E-state index contributed by atoms with van der Waals surface area (Å²) in [5.74, 6) is 0.0819. The minimum atomic E-state index is -0.391. The average molecular weight is 356 g/mol. The van der Waals surface area contributed by atoms with E-state index in [-0.39, 0.29) is 0 Å². The normalized spacial score (nSPS) is 12.4. The van der Waals surface area contributed by atoms with E-state index in [1.165, 1.54) is 11.3 Å². The molecule has 3 heterocycles. The zero-order chi connectivity index (χ0) is 17.4. The summed E-state index contributed by atoms with van der Waals surface area (Å²) in [5, 5.41) is 10.1. The van der Waals surface area contributed by atoms with Crippen LogP contribution in [0.25, 0.3) is 11.4 Å². The molecular weight excluding hydrogens is 340 g/mol. The van der Waals surface area contributed by atoms with Crippen molar-refractivity contribution in [3.8, 4) is 11.4 Å². The van der Waals surface area contributed by atoms with Crippen LogP contribution < -0.4 is 5.32 Å². The molecule has 0 saturated carbocycles.